The van der Waals surface area contributed by atoms with E-state index in [9.17, 15) is 13.2 Å². The maximum atomic E-state index is 11.7. The summed E-state index contributed by atoms with van der Waals surface area (Å²) in [7, 11) is -4.40. The Morgan fingerprint density at radius 2 is 1.94 bits per heavy atom. The summed E-state index contributed by atoms with van der Waals surface area (Å²) < 4.78 is 31.2. The molecule has 0 heterocycles. The number of Topliss-reactive ketones (excluding diaryl/α,β-unsaturated/α-hetero) is 1. The van der Waals surface area contributed by atoms with Crippen molar-refractivity contribution in [3.05, 3.63) is 40.9 Å². The van der Waals surface area contributed by atoms with Gasteiger partial charge in [0.05, 0.1) is 0 Å². The Morgan fingerprint density at radius 1 is 1.28 bits per heavy atom. The SMILES string of the molecule is [H-].[N-]=[N+]=C1C=Cc2c(cccc2S(=O)(=O)O)C1=O.[Na+]. The molecule has 0 radical (unpaired) electrons. The van der Waals surface area contributed by atoms with Crippen molar-refractivity contribution in [1.29, 1.82) is 0 Å². The first kappa shape index (κ1) is 15.0. The molecule has 1 aromatic rings. The number of ketones is 1. The maximum Gasteiger partial charge on any atom is 1.00 e. The van der Waals surface area contributed by atoms with Crippen molar-refractivity contribution in [1.82, 2.24) is 0 Å². The second-order valence-corrected chi connectivity index (χ2v) is 4.73. The van der Waals surface area contributed by atoms with Gasteiger partial charge in [-0.3, -0.25) is 9.35 Å². The van der Waals surface area contributed by atoms with Crippen molar-refractivity contribution in [3.8, 4) is 0 Å². The fourth-order valence-electron chi connectivity index (χ4n) is 1.59. The van der Waals surface area contributed by atoms with Gasteiger partial charge in [-0.1, -0.05) is 12.1 Å². The van der Waals surface area contributed by atoms with Crippen molar-refractivity contribution in [2.24, 2.45) is 0 Å². The average Bonchev–Trinajstić information content (AvgIpc) is 2.28. The largest absolute Gasteiger partial charge is 1.00 e. The minimum atomic E-state index is -4.40. The predicted molar refractivity (Wildman–Crippen MR) is 59.4 cm³/mol. The molecular weight excluding hydrogens is 267 g/mol. The van der Waals surface area contributed by atoms with Gasteiger partial charge in [-0.05, 0) is 12.1 Å². The van der Waals surface area contributed by atoms with Crippen molar-refractivity contribution in [3.63, 3.8) is 0 Å². The minimum absolute atomic E-state index is 0. The summed E-state index contributed by atoms with van der Waals surface area (Å²) in [5.74, 6) is -0.601. The van der Waals surface area contributed by atoms with E-state index in [4.69, 9.17) is 10.1 Å². The van der Waals surface area contributed by atoms with Crippen LogP contribution in [0.5, 0.6) is 0 Å². The van der Waals surface area contributed by atoms with Crippen molar-refractivity contribution in [2.45, 2.75) is 4.90 Å². The summed E-state index contributed by atoms with van der Waals surface area (Å²) in [6.07, 6.45) is 2.48. The normalized spacial score (nSPS) is 13.6. The number of nitrogens with zero attached hydrogens (tertiary/aromatic N) is 2. The third-order valence-corrected chi connectivity index (χ3v) is 3.25. The van der Waals surface area contributed by atoms with Crippen molar-refractivity contribution in [2.75, 3.05) is 0 Å². The van der Waals surface area contributed by atoms with E-state index in [1.807, 2.05) is 0 Å². The Bertz CT molecular complexity index is 708. The number of fused-ring (bicyclic) bond motifs is 1. The molecule has 18 heavy (non-hydrogen) atoms. The Labute approximate surface area is 126 Å². The number of carbonyl (C=O) groups excluding carboxylic acids is 1. The Hall–Kier alpha value is -1.08. The van der Waals surface area contributed by atoms with Gasteiger partial charge in [0.1, 0.15) is 4.90 Å². The fraction of sp³-hybridized carbons (Fsp3) is 0. The van der Waals surface area contributed by atoms with Gasteiger partial charge < -0.3 is 6.96 Å². The van der Waals surface area contributed by atoms with Crippen LogP contribution in [0.25, 0.3) is 11.6 Å². The number of hydrogen-bond donors (Lipinski definition) is 1. The van der Waals surface area contributed by atoms with Crippen molar-refractivity contribution < 1.29 is 53.5 Å². The van der Waals surface area contributed by atoms with Crippen LogP contribution in [-0.2, 0) is 10.1 Å². The van der Waals surface area contributed by atoms with Gasteiger partial charge in [0.25, 0.3) is 15.9 Å². The van der Waals surface area contributed by atoms with E-state index in [2.05, 4.69) is 4.79 Å². The van der Waals surface area contributed by atoms with Gasteiger partial charge >= 0.3 is 35.3 Å². The van der Waals surface area contributed by atoms with E-state index in [-0.39, 0.29) is 52.7 Å². The molecule has 6 nitrogen and oxygen atoms in total. The molecule has 0 aliphatic heterocycles. The van der Waals surface area contributed by atoms with Crippen LogP contribution in [0.2, 0.25) is 0 Å². The van der Waals surface area contributed by atoms with Gasteiger partial charge in [0, 0.05) is 17.2 Å². The van der Waals surface area contributed by atoms with Crippen LogP contribution in [0.3, 0.4) is 0 Å². The van der Waals surface area contributed by atoms with Crippen LogP contribution in [0.15, 0.2) is 29.2 Å². The van der Waals surface area contributed by atoms with E-state index in [0.29, 0.717) is 0 Å². The Morgan fingerprint density at radius 3 is 2.50 bits per heavy atom. The predicted octanol–water partition coefficient (Wildman–Crippen LogP) is -2.07. The average molecular weight is 274 g/mol. The smallest absolute Gasteiger partial charge is 1.00 e. The molecule has 0 saturated carbocycles. The maximum absolute atomic E-state index is 11.7. The van der Waals surface area contributed by atoms with Gasteiger partial charge in [0.15, 0.2) is 0 Å². The Balaban J connectivity index is 0.00000162. The van der Waals surface area contributed by atoms with Crippen LogP contribution in [0.1, 0.15) is 17.3 Å². The number of allylic oxidation sites excluding steroid dienone is 1. The summed E-state index contributed by atoms with van der Waals surface area (Å²) in [4.78, 5) is 14.1. The van der Waals surface area contributed by atoms with E-state index < -0.39 is 15.9 Å². The molecule has 1 aliphatic carbocycles. The summed E-state index contributed by atoms with van der Waals surface area (Å²) in [6, 6.07) is 3.90. The molecule has 0 aromatic heterocycles. The van der Waals surface area contributed by atoms with Crippen LogP contribution >= 0.6 is 0 Å². The van der Waals surface area contributed by atoms with Gasteiger partial charge in [0.2, 0.25) is 0 Å². The molecule has 0 spiro atoms. The zero-order valence-electron chi connectivity index (χ0n) is 10.4. The number of carbonyl (C=O) groups is 1. The summed E-state index contributed by atoms with van der Waals surface area (Å²) in [5, 5.41) is 0. The third kappa shape index (κ3) is 2.51. The molecular formula is C10H7N2NaO4S. The molecule has 0 saturated heterocycles. The second kappa shape index (κ2) is 5.27. The van der Waals surface area contributed by atoms with E-state index >= 15 is 0 Å². The van der Waals surface area contributed by atoms with Crippen LogP contribution < -0.4 is 29.6 Å². The molecule has 1 N–H and O–H groups in total. The molecule has 0 fully saturated rings. The van der Waals surface area contributed by atoms with E-state index in [0.717, 1.165) is 0 Å². The minimum Gasteiger partial charge on any atom is -1.00 e. The number of benzene rings is 1. The van der Waals surface area contributed by atoms with E-state index in [1.54, 1.807) is 0 Å². The fourth-order valence-corrected chi connectivity index (χ4v) is 2.30. The van der Waals surface area contributed by atoms with Crippen LogP contribution in [0.4, 0.5) is 0 Å². The first-order valence-corrected chi connectivity index (χ1v) is 5.94. The molecule has 0 unspecified atom stereocenters. The first-order valence-electron chi connectivity index (χ1n) is 4.50. The van der Waals surface area contributed by atoms with Crippen LogP contribution in [0, 0.1) is 0 Å². The topological polar surface area (TPSA) is 108 Å². The molecule has 0 atom stereocenters. The number of rotatable bonds is 1. The molecule has 1 aromatic carbocycles. The third-order valence-electron chi connectivity index (χ3n) is 2.34. The summed E-state index contributed by atoms with van der Waals surface area (Å²) in [6.45, 7) is 0. The van der Waals surface area contributed by atoms with Gasteiger partial charge in [-0.25, -0.2) is 0 Å². The zero-order chi connectivity index (χ0) is 12.6. The molecule has 0 amide bonds. The summed E-state index contributed by atoms with van der Waals surface area (Å²) >= 11 is 0. The van der Waals surface area contributed by atoms with Gasteiger partial charge in [-0.15, -0.1) is 0 Å². The molecule has 1 aliphatic rings. The first-order chi connectivity index (χ1) is 7.95. The standard InChI is InChI=1S/C10H6N2O4S.Na.H/c11-12-8-5-4-6-7(10(8)13)2-1-3-9(6)17(14,15)16;;/h1-5H,(H,14,15,16);;/q;+1;-1. The van der Waals surface area contributed by atoms with Crippen LogP contribution in [-0.4, -0.2) is 29.3 Å². The monoisotopic (exact) mass is 274 g/mol. The van der Waals surface area contributed by atoms with E-state index in [1.165, 1.54) is 30.4 Å². The molecule has 8 heteroatoms. The second-order valence-electron chi connectivity index (χ2n) is 3.34. The molecule has 88 valence electrons. The summed E-state index contributed by atoms with van der Waals surface area (Å²) in [5.41, 5.74) is 8.53. The quantitative estimate of drug-likeness (QED) is 0.275. The van der Waals surface area contributed by atoms with Gasteiger partial charge in [-0.2, -0.15) is 13.2 Å². The molecule has 0 bridgehead atoms. The zero-order valence-corrected chi connectivity index (χ0v) is 12.2. The molecule has 2 rings (SSSR count). The van der Waals surface area contributed by atoms with Crippen molar-refractivity contribution >= 4 is 27.7 Å². The number of hydrogen-bond acceptors (Lipinski definition) is 3. The Kier molecular flexibility index (Phi) is 4.39.